The van der Waals surface area contributed by atoms with E-state index in [1.54, 1.807) is 7.05 Å². The van der Waals surface area contributed by atoms with E-state index >= 15 is 0 Å². The number of benzene rings is 1. The molecule has 0 spiro atoms. The monoisotopic (exact) mass is 256 g/mol. The number of nitrogens with one attached hydrogen (secondary N) is 1. The van der Waals surface area contributed by atoms with Crippen molar-refractivity contribution >= 4 is 5.91 Å². The number of rotatable bonds is 6. The van der Waals surface area contributed by atoms with E-state index < -0.39 is 11.6 Å². The molecule has 0 saturated heterocycles. The van der Waals surface area contributed by atoms with Crippen molar-refractivity contribution in [1.82, 2.24) is 10.2 Å². The molecule has 1 rings (SSSR count). The van der Waals surface area contributed by atoms with Crippen molar-refractivity contribution in [2.75, 3.05) is 20.6 Å². The Kier molecular flexibility index (Phi) is 5.71. The molecule has 1 aromatic carbocycles. The SMILES string of the molecule is CNCCCC(=O)N(C)Cc1ccc(F)cc1F. The summed E-state index contributed by atoms with van der Waals surface area (Å²) in [4.78, 5) is 13.2. The number of hydrogen-bond donors (Lipinski definition) is 1. The summed E-state index contributed by atoms with van der Waals surface area (Å²) < 4.78 is 26.1. The van der Waals surface area contributed by atoms with Crippen LogP contribution in [0, 0.1) is 11.6 Å². The van der Waals surface area contributed by atoms with E-state index in [1.807, 2.05) is 7.05 Å². The summed E-state index contributed by atoms with van der Waals surface area (Å²) in [6.45, 7) is 0.926. The van der Waals surface area contributed by atoms with E-state index in [0.29, 0.717) is 12.0 Å². The predicted molar refractivity (Wildman–Crippen MR) is 66.0 cm³/mol. The van der Waals surface area contributed by atoms with Gasteiger partial charge < -0.3 is 10.2 Å². The molecular weight excluding hydrogens is 238 g/mol. The Bertz CT molecular complexity index is 410. The van der Waals surface area contributed by atoms with E-state index in [2.05, 4.69) is 5.32 Å². The summed E-state index contributed by atoms with van der Waals surface area (Å²) in [5.41, 5.74) is 0.320. The normalized spacial score (nSPS) is 10.4. The lowest BCUT2D eigenvalue weighted by Gasteiger charge is -2.17. The van der Waals surface area contributed by atoms with Gasteiger partial charge in [-0.25, -0.2) is 8.78 Å². The summed E-state index contributed by atoms with van der Waals surface area (Å²) in [6.07, 6.45) is 1.16. The first-order chi connectivity index (χ1) is 8.54. The van der Waals surface area contributed by atoms with E-state index in [-0.39, 0.29) is 12.5 Å². The highest BCUT2D eigenvalue weighted by Gasteiger charge is 2.11. The number of nitrogens with zero attached hydrogens (tertiary/aromatic N) is 1. The van der Waals surface area contributed by atoms with Gasteiger partial charge in [0.25, 0.3) is 0 Å². The molecule has 0 fully saturated rings. The fourth-order valence-electron chi connectivity index (χ4n) is 1.60. The van der Waals surface area contributed by atoms with Gasteiger partial charge in [-0.3, -0.25) is 4.79 Å². The van der Waals surface area contributed by atoms with Crippen LogP contribution in [-0.2, 0) is 11.3 Å². The first kappa shape index (κ1) is 14.6. The Hall–Kier alpha value is -1.49. The third-order valence-corrected chi connectivity index (χ3v) is 2.67. The van der Waals surface area contributed by atoms with E-state index in [1.165, 1.54) is 17.0 Å². The quantitative estimate of drug-likeness (QED) is 0.789. The molecule has 0 atom stereocenters. The van der Waals surface area contributed by atoms with E-state index in [4.69, 9.17) is 0 Å². The molecule has 1 amide bonds. The van der Waals surface area contributed by atoms with Crippen molar-refractivity contribution in [3.8, 4) is 0 Å². The largest absolute Gasteiger partial charge is 0.341 e. The Morgan fingerprint density at radius 1 is 1.39 bits per heavy atom. The fraction of sp³-hybridized carbons (Fsp3) is 0.462. The second-order valence-corrected chi connectivity index (χ2v) is 4.19. The third kappa shape index (κ3) is 4.41. The van der Waals surface area contributed by atoms with Crippen LogP contribution in [-0.4, -0.2) is 31.4 Å². The second kappa shape index (κ2) is 7.06. The summed E-state index contributed by atoms with van der Waals surface area (Å²) in [6, 6.07) is 3.38. The van der Waals surface area contributed by atoms with Crippen molar-refractivity contribution in [3.63, 3.8) is 0 Å². The van der Waals surface area contributed by atoms with Gasteiger partial charge in [-0.1, -0.05) is 6.07 Å². The molecular formula is C13H18F2N2O. The first-order valence-corrected chi connectivity index (χ1v) is 5.87. The highest BCUT2D eigenvalue weighted by molar-refractivity contribution is 5.75. The topological polar surface area (TPSA) is 32.3 Å². The fourth-order valence-corrected chi connectivity index (χ4v) is 1.60. The van der Waals surface area contributed by atoms with Crippen molar-refractivity contribution in [2.24, 2.45) is 0 Å². The summed E-state index contributed by atoms with van der Waals surface area (Å²) in [5, 5.41) is 2.95. The lowest BCUT2D eigenvalue weighted by Crippen LogP contribution is -2.27. The summed E-state index contributed by atoms with van der Waals surface area (Å²) >= 11 is 0. The standard InChI is InChI=1S/C13H18F2N2O/c1-16-7-3-4-13(18)17(2)9-10-5-6-11(14)8-12(10)15/h5-6,8,16H,3-4,7,9H2,1-2H3. The van der Waals surface area contributed by atoms with Gasteiger partial charge >= 0.3 is 0 Å². The zero-order valence-electron chi connectivity index (χ0n) is 10.7. The molecule has 18 heavy (non-hydrogen) atoms. The van der Waals surface area contributed by atoms with Gasteiger partial charge in [0.15, 0.2) is 0 Å². The molecule has 0 aromatic heterocycles. The van der Waals surface area contributed by atoms with E-state index in [0.717, 1.165) is 19.0 Å². The van der Waals surface area contributed by atoms with Crippen molar-refractivity contribution < 1.29 is 13.6 Å². The molecule has 0 radical (unpaired) electrons. The van der Waals surface area contributed by atoms with Crippen molar-refractivity contribution in [2.45, 2.75) is 19.4 Å². The van der Waals surface area contributed by atoms with Crippen LogP contribution in [0.5, 0.6) is 0 Å². The lowest BCUT2D eigenvalue weighted by atomic mass is 10.2. The number of amides is 1. The van der Waals surface area contributed by atoms with Crippen molar-refractivity contribution in [1.29, 1.82) is 0 Å². The van der Waals surface area contributed by atoms with Crippen LogP contribution >= 0.6 is 0 Å². The van der Waals surface area contributed by atoms with Crippen LogP contribution < -0.4 is 5.32 Å². The molecule has 5 heteroatoms. The van der Waals surface area contributed by atoms with Crippen LogP contribution in [0.15, 0.2) is 18.2 Å². The second-order valence-electron chi connectivity index (χ2n) is 4.19. The van der Waals surface area contributed by atoms with Gasteiger partial charge in [0.05, 0.1) is 0 Å². The molecule has 3 nitrogen and oxygen atoms in total. The third-order valence-electron chi connectivity index (χ3n) is 2.67. The Labute approximate surface area is 106 Å². The average molecular weight is 256 g/mol. The van der Waals surface area contributed by atoms with Gasteiger partial charge in [0.1, 0.15) is 11.6 Å². The summed E-state index contributed by atoms with van der Waals surface area (Å²) in [7, 11) is 3.44. The lowest BCUT2D eigenvalue weighted by molar-refractivity contribution is -0.130. The molecule has 1 aromatic rings. The van der Waals surface area contributed by atoms with Crippen molar-refractivity contribution in [3.05, 3.63) is 35.4 Å². The minimum atomic E-state index is -0.620. The molecule has 0 aliphatic rings. The molecule has 0 saturated carbocycles. The summed E-state index contributed by atoms with van der Waals surface area (Å²) in [5.74, 6) is -1.28. The Morgan fingerprint density at radius 3 is 2.72 bits per heavy atom. The average Bonchev–Trinajstić information content (AvgIpc) is 2.32. The van der Waals surface area contributed by atoms with Crippen LogP contribution in [0.3, 0.4) is 0 Å². The number of halogens is 2. The molecule has 1 N–H and O–H groups in total. The maximum Gasteiger partial charge on any atom is 0.222 e. The number of hydrogen-bond acceptors (Lipinski definition) is 2. The van der Waals surface area contributed by atoms with Gasteiger partial charge in [-0.05, 0) is 26.1 Å². The number of carbonyl (C=O) groups is 1. The van der Waals surface area contributed by atoms with Gasteiger partial charge in [0, 0.05) is 31.6 Å². The van der Waals surface area contributed by atoms with E-state index in [9.17, 15) is 13.6 Å². The smallest absolute Gasteiger partial charge is 0.222 e. The molecule has 0 heterocycles. The van der Waals surface area contributed by atoms with Crippen LogP contribution in [0.4, 0.5) is 8.78 Å². The Balaban J connectivity index is 2.53. The first-order valence-electron chi connectivity index (χ1n) is 5.87. The van der Waals surface area contributed by atoms with Gasteiger partial charge in [-0.2, -0.15) is 0 Å². The van der Waals surface area contributed by atoms with Crippen LogP contribution in [0.25, 0.3) is 0 Å². The zero-order valence-corrected chi connectivity index (χ0v) is 10.7. The highest BCUT2D eigenvalue weighted by Crippen LogP contribution is 2.12. The minimum Gasteiger partial charge on any atom is -0.341 e. The number of carbonyl (C=O) groups excluding carboxylic acids is 1. The maximum absolute atomic E-state index is 13.4. The predicted octanol–water partition coefficient (Wildman–Crippen LogP) is 1.92. The molecule has 0 aliphatic heterocycles. The van der Waals surface area contributed by atoms with Crippen LogP contribution in [0.1, 0.15) is 18.4 Å². The maximum atomic E-state index is 13.4. The Morgan fingerprint density at radius 2 is 2.11 bits per heavy atom. The van der Waals surface area contributed by atoms with Crippen LogP contribution in [0.2, 0.25) is 0 Å². The van der Waals surface area contributed by atoms with Gasteiger partial charge in [0.2, 0.25) is 5.91 Å². The zero-order chi connectivity index (χ0) is 13.5. The minimum absolute atomic E-state index is 0.0472. The molecule has 0 bridgehead atoms. The van der Waals surface area contributed by atoms with Gasteiger partial charge in [-0.15, -0.1) is 0 Å². The highest BCUT2D eigenvalue weighted by atomic mass is 19.1. The molecule has 0 aliphatic carbocycles. The molecule has 0 unspecified atom stereocenters. The molecule has 100 valence electrons.